The van der Waals surface area contributed by atoms with Crippen molar-refractivity contribution in [1.82, 2.24) is 0 Å². The molecule has 2 aromatic rings. The van der Waals surface area contributed by atoms with Crippen LogP contribution in [0.3, 0.4) is 0 Å². The van der Waals surface area contributed by atoms with Crippen molar-refractivity contribution in [3.8, 4) is 5.75 Å². The van der Waals surface area contributed by atoms with E-state index in [4.69, 9.17) is 4.74 Å². The van der Waals surface area contributed by atoms with Crippen LogP contribution in [0.1, 0.15) is 23.1 Å². The molecule has 0 radical (unpaired) electrons. The quantitative estimate of drug-likeness (QED) is 0.636. The molecular weight excluding hydrogens is 407 g/mol. The predicted octanol–water partition coefficient (Wildman–Crippen LogP) is 5.22. The molecule has 0 saturated carbocycles. The van der Waals surface area contributed by atoms with Crippen molar-refractivity contribution >= 4 is 11.6 Å². The number of carbonyl (C=O) groups is 1. The number of halogens is 7. The van der Waals surface area contributed by atoms with Gasteiger partial charge in [-0.05, 0) is 54.8 Å². The van der Waals surface area contributed by atoms with Crippen LogP contribution in [-0.2, 0) is 23.6 Å². The van der Waals surface area contributed by atoms with Crippen molar-refractivity contribution in [2.24, 2.45) is 0 Å². The first-order valence-electron chi connectivity index (χ1n) is 8.46. The summed E-state index contributed by atoms with van der Waals surface area (Å²) in [6.45, 7) is -0.493. The zero-order valence-corrected chi connectivity index (χ0v) is 14.7. The Labute approximate surface area is 160 Å². The molecule has 1 aliphatic rings. The molecule has 1 heterocycles. The van der Waals surface area contributed by atoms with Gasteiger partial charge in [0.15, 0.2) is 6.61 Å². The number of alkyl halides is 6. The maximum atomic E-state index is 13.3. The highest BCUT2D eigenvalue weighted by Crippen LogP contribution is 2.38. The standard InChI is InChI=1S/C19H14F7NO2/c20-14-3-4-16-11(6-14)2-1-5-27(16)17(28)10-29-15-8-12(18(21,22)23)7-13(9-15)19(24,25)26/h3-4,6-9H,1-2,5,10H2. The van der Waals surface area contributed by atoms with Crippen molar-refractivity contribution in [1.29, 1.82) is 0 Å². The maximum absolute atomic E-state index is 13.3. The summed E-state index contributed by atoms with van der Waals surface area (Å²) in [7, 11) is 0. The first kappa shape index (κ1) is 20.9. The molecule has 0 unspecified atom stereocenters. The number of ether oxygens (including phenoxy) is 1. The third kappa shape index (κ3) is 4.80. The van der Waals surface area contributed by atoms with E-state index in [0.29, 0.717) is 36.2 Å². The molecule has 0 bridgehead atoms. The van der Waals surface area contributed by atoms with E-state index in [1.807, 2.05) is 0 Å². The van der Waals surface area contributed by atoms with Crippen LogP contribution in [0, 0.1) is 5.82 Å². The molecule has 1 amide bonds. The third-order valence-electron chi connectivity index (χ3n) is 4.38. The SMILES string of the molecule is O=C(COc1cc(C(F)(F)F)cc(C(F)(F)F)c1)N1CCCc2cc(F)ccc21. The number of nitrogens with zero attached hydrogens (tertiary/aromatic N) is 1. The van der Waals surface area contributed by atoms with Crippen LogP contribution in [-0.4, -0.2) is 19.1 Å². The zero-order valence-electron chi connectivity index (χ0n) is 14.7. The second-order valence-electron chi connectivity index (χ2n) is 6.45. The molecule has 0 aliphatic carbocycles. The van der Waals surface area contributed by atoms with E-state index in [1.165, 1.54) is 17.0 Å². The smallest absolute Gasteiger partial charge is 0.416 e. The van der Waals surface area contributed by atoms with Gasteiger partial charge in [0.25, 0.3) is 5.91 Å². The summed E-state index contributed by atoms with van der Waals surface area (Å²) in [5, 5.41) is 0. The highest BCUT2D eigenvalue weighted by molar-refractivity contribution is 5.95. The summed E-state index contributed by atoms with van der Waals surface area (Å²) in [6, 6.07) is 4.62. The average Bonchev–Trinajstić information content (AvgIpc) is 2.63. The largest absolute Gasteiger partial charge is 0.484 e. The Morgan fingerprint density at radius 3 is 2.17 bits per heavy atom. The Morgan fingerprint density at radius 1 is 0.966 bits per heavy atom. The molecule has 3 rings (SSSR count). The molecule has 0 fully saturated rings. The Hall–Kier alpha value is -2.78. The minimum Gasteiger partial charge on any atom is -0.484 e. The number of carbonyl (C=O) groups excluding carboxylic acids is 1. The number of amides is 1. The molecule has 0 saturated heterocycles. The number of aryl methyl sites for hydroxylation is 1. The predicted molar refractivity (Wildman–Crippen MR) is 89.0 cm³/mol. The lowest BCUT2D eigenvalue weighted by atomic mass is 10.0. The fraction of sp³-hybridized carbons (Fsp3) is 0.316. The van der Waals surface area contributed by atoms with Gasteiger partial charge in [0.2, 0.25) is 0 Å². The van der Waals surface area contributed by atoms with Crippen molar-refractivity contribution < 1.29 is 40.3 Å². The number of rotatable bonds is 3. The Morgan fingerprint density at radius 2 is 1.59 bits per heavy atom. The molecule has 2 aromatic carbocycles. The van der Waals surface area contributed by atoms with Crippen molar-refractivity contribution in [3.63, 3.8) is 0 Å². The van der Waals surface area contributed by atoms with Gasteiger partial charge in [-0.1, -0.05) is 0 Å². The van der Waals surface area contributed by atoms with Gasteiger partial charge in [0.05, 0.1) is 11.1 Å². The Kier molecular flexibility index (Phi) is 5.46. The fourth-order valence-corrected chi connectivity index (χ4v) is 3.06. The number of hydrogen-bond donors (Lipinski definition) is 0. The van der Waals surface area contributed by atoms with Crippen molar-refractivity contribution in [2.45, 2.75) is 25.2 Å². The maximum Gasteiger partial charge on any atom is 0.416 e. The average molecular weight is 421 g/mol. The fourth-order valence-electron chi connectivity index (χ4n) is 3.06. The molecule has 156 valence electrons. The van der Waals surface area contributed by atoms with Gasteiger partial charge in [-0.15, -0.1) is 0 Å². The lowest BCUT2D eigenvalue weighted by Crippen LogP contribution is -2.38. The lowest BCUT2D eigenvalue weighted by molar-refractivity contribution is -0.143. The minimum atomic E-state index is -5.01. The first-order chi connectivity index (χ1) is 13.4. The number of anilines is 1. The van der Waals surface area contributed by atoms with E-state index < -0.39 is 47.6 Å². The summed E-state index contributed by atoms with van der Waals surface area (Å²) in [4.78, 5) is 13.7. The third-order valence-corrected chi connectivity index (χ3v) is 4.38. The second kappa shape index (κ2) is 7.57. The molecule has 0 aromatic heterocycles. The first-order valence-corrected chi connectivity index (χ1v) is 8.46. The lowest BCUT2D eigenvalue weighted by Gasteiger charge is -2.29. The number of benzene rings is 2. The van der Waals surface area contributed by atoms with Gasteiger partial charge in [-0.25, -0.2) is 4.39 Å². The van der Waals surface area contributed by atoms with Crippen LogP contribution in [0.5, 0.6) is 5.75 Å². The summed E-state index contributed by atoms with van der Waals surface area (Å²) in [5.41, 5.74) is -2.04. The van der Waals surface area contributed by atoms with Crippen LogP contribution in [0.25, 0.3) is 0 Å². The Bertz CT molecular complexity index is 889. The molecule has 0 spiro atoms. The summed E-state index contributed by atoms with van der Waals surface area (Å²) < 4.78 is 95.7. The van der Waals surface area contributed by atoms with E-state index >= 15 is 0 Å². The summed E-state index contributed by atoms with van der Waals surface area (Å²) in [6.07, 6.45) is -8.96. The van der Waals surface area contributed by atoms with Crippen LogP contribution in [0.4, 0.5) is 36.4 Å². The highest BCUT2D eigenvalue weighted by Gasteiger charge is 2.37. The van der Waals surface area contributed by atoms with Gasteiger partial charge in [-0.3, -0.25) is 4.79 Å². The molecular formula is C19H14F7NO2. The van der Waals surface area contributed by atoms with Crippen molar-refractivity contribution in [3.05, 3.63) is 58.9 Å². The molecule has 29 heavy (non-hydrogen) atoms. The number of fused-ring (bicyclic) bond motifs is 1. The van der Waals surface area contributed by atoms with Crippen molar-refractivity contribution in [2.75, 3.05) is 18.1 Å². The number of hydrogen-bond acceptors (Lipinski definition) is 2. The van der Waals surface area contributed by atoms with Crippen LogP contribution in [0.2, 0.25) is 0 Å². The molecule has 3 nitrogen and oxygen atoms in total. The second-order valence-corrected chi connectivity index (χ2v) is 6.45. The topological polar surface area (TPSA) is 29.5 Å². The van der Waals surface area contributed by atoms with E-state index in [9.17, 15) is 35.5 Å². The summed E-state index contributed by atoms with van der Waals surface area (Å²) >= 11 is 0. The minimum absolute atomic E-state index is 0.0237. The molecule has 0 N–H and O–H groups in total. The van der Waals surface area contributed by atoms with E-state index in [1.54, 1.807) is 0 Å². The van der Waals surface area contributed by atoms with Gasteiger partial charge in [0.1, 0.15) is 11.6 Å². The highest BCUT2D eigenvalue weighted by atomic mass is 19.4. The van der Waals surface area contributed by atoms with Gasteiger partial charge in [0, 0.05) is 12.2 Å². The van der Waals surface area contributed by atoms with Gasteiger partial charge >= 0.3 is 12.4 Å². The van der Waals surface area contributed by atoms with Crippen LogP contribution < -0.4 is 9.64 Å². The van der Waals surface area contributed by atoms with Crippen LogP contribution in [0.15, 0.2) is 36.4 Å². The van der Waals surface area contributed by atoms with E-state index in [-0.39, 0.29) is 12.6 Å². The van der Waals surface area contributed by atoms with Gasteiger partial charge in [-0.2, -0.15) is 26.3 Å². The Balaban J connectivity index is 1.81. The molecule has 10 heteroatoms. The van der Waals surface area contributed by atoms with E-state index in [2.05, 4.69) is 0 Å². The summed E-state index contributed by atoms with van der Waals surface area (Å²) in [5.74, 6) is -1.86. The van der Waals surface area contributed by atoms with E-state index in [0.717, 1.165) is 6.07 Å². The van der Waals surface area contributed by atoms with Crippen LogP contribution >= 0.6 is 0 Å². The normalized spacial score (nSPS) is 14.5. The monoisotopic (exact) mass is 421 g/mol. The zero-order chi connectivity index (χ0) is 21.4. The molecule has 0 atom stereocenters. The van der Waals surface area contributed by atoms with Gasteiger partial charge < -0.3 is 9.64 Å². The molecule has 1 aliphatic heterocycles.